The van der Waals surface area contributed by atoms with E-state index in [0.29, 0.717) is 19.5 Å². The molecule has 0 saturated carbocycles. The highest BCUT2D eigenvalue weighted by Gasteiger charge is 2.09. The molecule has 112 valence electrons. The van der Waals surface area contributed by atoms with E-state index in [0.717, 1.165) is 17.0 Å². The smallest absolute Gasteiger partial charge is 0.303 e. The van der Waals surface area contributed by atoms with Crippen LogP contribution in [0.1, 0.15) is 24.2 Å². The van der Waals surface area contributed by atoms with Crippen molar-refractivity contribution in [3.05, 3.63) is 41.7 Å². The Hall–Kier alpha value is -2.14. The number of rotatable bonds is 7. The standard InChI is InChI=1S/C16H20N2O3/c1-12-5-7-13(8-6-12)15-10-14(21-17-15)11-18(2)9-3-4-16(19)20/h5-8,10H,3-4,9,11H2,1-2H3,(H,19,20). The molecule has 2 rings (SSSR count). The molecule has 0 spiro atoms. The lowest BCUT2D eigenvalue weighted by atomic mass is 10.1. The molecule has 2 aromatic rings. The highest BCUT2D eigenvalue weighted by atomic mass is 16.5. The number of aliphatic carboxylic acids is 1. The van der Waals surface area contributed by atoms with Crippen LogP contribution in [0.3, 0.4) is 0 Å². The molecule has 0 atom stereocenters. The molecule has 0 amide bonds. The minimum atomic E-state index is -0.760. The van der Waals surface area contributed by atoms with Gasteiger partial charge in [-0.3, -0.25) is 9.69 Å². The third-order valence-electron chi connectivity index (χ3n) is 3.26. The van der Waals surface area contributed by atoms with Crippen LogP contribution in [-0.2, 0) is 11.3 Å². The summed E-state index contributed by atoms with van der Waals surface area (Å²) < 4.78 is 5.34. The molecule has 1 N–H and O–H groups in total. The lowest BCUT2D eigenvalue weighted by molar-refractivity contribution is -0.137. The van der Waals surface area contributed by atoms with Crippen molar-refractivity contribution in [3.63, 3.8) is 0 Å². The van der Waals surface area contributed by atoms with E-state index in [4.69, 9.17) is 9.63 Å². The van der Waals surface area contributed by atoms with E-state index in [2.05, 4.69) is 5.16 Å². The summed E-state index contributed by atoms with van der Waals surface area (Å²) in [4.78, 5) is 12.5. The Morgan fingerprint density at radius 1 is 1.33 bits per heavy atom. The maximum atomic E-state index is 10.5. The van der Waals surface area contributed by atoms with E-state index in [9.17, 15) is 4.79 Å². The second kappa shape index (κ2) is 7.04. The topological polar surface area (TPSA) is 66.6 Å². The lowest BCUT2D eigenvalue weighted by Gasteiger charge is -2.13. The number of carbonyl (C=O) groups is 1. The maximum Gasteiger partial charge on any atom is 0.303 e. The van der Waals surface area contributed by atoms with Gasteiger partial charge in [0.1, 0.15) is 5.69 Å². The van der Waals surface area contributed by atoms with E-state index in [-0.39, 0.29) is 6.42 Å². The zero-order valence-corrected chi connectivity index (χ0v) is 12.4. The second-order valence-electron chi connectivity index (χ2n) is 5.28. The van der Waals surface area contributed by atoms with Crippen molar-refractivity contribution in [1.82, 2.24) is 10.1 Å². The van der Waals surface area contributed by atoms with Crippen LogP contribution < -0.4 is 0 Å². The van der Waals surface area contributed by atoms with Crippen LogP contribution in [0.4, 0.5) is 0 Å². The van der Waals surface area contributed by atoms with Crippen molar-refractivity contribution in [2.75, 3.05) is 13.6 Å². The van der Waals surface area contributed by atoms with Crippen LogP contribution in [-0.4, -0.2) is 34.7 Å². The first kappa shape index (κ1) is 15.3. The normalized spacial score (nSPS) is 11.0. The van der Waals surface area contributed by atoms with Gasteiger partial charge in [-0.05, 0) is 26.9 Å². The molecule has 0 aliphatic rings. The first-order chi connectivity index (χ1) is 10.0. The first-order valence-corrected chi connectivity index (χ1v) is 6.97. The molecule has 0 radical (unpaired) electrons. The fourth-order valence-corrected chi connectivity index (χ4v) is 2.09. The SMILES string of the molecule is Cc1ccc(-c2cc(CN(C)CCCC(=O)O)on2)cc1. The van der Waals surface area contributed by atoms with Crippen LogP contribution >= 0.6 is 0 Å². The van der Waals surface area contributed by atoms with Gasteiger partial charge in [-0.2, -0.15) is 0 Å². The molecule has 0 fully saturated rings. The molecule has 21 heavy (non-hydrogen) atoms. The number of carboxylic acid groups (broad SMARTS) is 1. The summed E-state index contributed by atoms with van der Waals surface area (Å²) in [5.41, 5.74) is 3.06. The molecular weight excluding hydrogens is 268 g/mol. The summed E-state index contributed by atoms with van der Waals surface area (Å²) in [7, 11) is 1.94. The Morgan fingerprint density at radius 3 is 2.71 bits per heavy atom. The molecular formula is C16H20N2O3. The van der Waals surface area contributed by atoms with Gasteiger partial charge in [0.2, 0.25) is 0 Å². The average molecular weight is 288 g/mol. The number of carboxylic acids is 1. The van der Waals surface area contributed by atoms with Gasteiger partial charge in [-0.15, -0.1) is 0 Å². The summed E-state index contributed by atoms with van der Waals surface area (Å²) in [6.45, 7) is 3.38. The van der Waals surface area contributed by atoms with Crippen LogP contribution in [0.2, 0.25) is 0 Å². The summed E-state index contributed by atoms with van der Waals surface area (Å²) >= 11 is 0. The minimum absolute atomic E-state index is 0.190. The van der Waals surface area contributed by atoms with Crippen LogP contribution in [0.15, 0.2) is 34.9 Å². The fourth-order valence-electron chi connectivity index (χ4n) is 2.09. The van der Waals surface area contributed by atoms with Crippen LogP contribution in [0.25, 0.3) is 11.3 Å². The Balaban J connectivity index is 1.90. The molecule has 5 nitrogen and oxygen atoms in total. The van der Waals surface area contributed by atoms with Gasteiger partial charge in [0, 0.05) is 18.1 Å². The molecule has 0 aliphatic carbocycles. The number of nitrogens with zero attached hydrogens (tertiary/aromatic N) is 2. The summed E-state index contributed by atoms with van der Waals surface area (Å²) in [5, 5.41) is 12.7. The molecule has 1 aromatic heterocycles. The number of aromatic nitrogens is 1. The molecule has 0 bridgehead atoms. The highest BCUT2D eigenvalue weighted by Crippen LogP contribution is 2.20. The van der Waals surface area contributed by atoms with Gasteiger partial charge < -0.3 is 9.63 Å². The fraction of sp³-hybridized carbons (Fsp3) is 0.375. The monoisotopic (exact) mass is 288 g/mol. The van der Waals surface area contributed by atoms with Gasteiger partial charge in [0.15, 0.2) is 5.76 Å². The van der Waals surface area contributed by atoms with Crippen molar-refractivity contribution in [1.29, 1.82) is 0 Å². The summed E-state index contributed by atoms with van der Waals surface area (Å²) in [5.74, 6) is 0.0214. The van der Waals surface area contributed by atoms with Gasteiger partial charge in [-0.1, -0.05) is 35.0 Å². The van der Waals surface area contributed by atoms with Crippen molar-refractivity contribution >= 4 is 5.97 Å². The number of benzene rings is 1. The summed E-state index contributed by atoms with van der Waals surface area (Å²) in [6, 6.07) is 10.1. The Kier molecular flexibility index (Phi) is 5.11. The largest absolute Gasteiger partial charge is 0.481 e. The number of hydrogen-bond donors (Lipinski definition) is 1. The van der Waals surface area contributed by atoms with Gasteiger partial charge >= 0.3 is 5.97 Å². The van der Waals surface area contributed by atoms with Crippen LogP contribution in [0, 0.1) is 6.92 Å². The predicted molar refractivity (Wildman–Crippen MR) is 79.9 cm³/mol. The molecule has 0 aliphatic heterocycles. The summed E-state index contributed by atoms with van der Waals surface area (Å²) in [6.07, 6.45) is 0.820. The number of aryl methyl sites for hydroxylation is 1. The highest BCUT2D eigenvalue weighted by molar-refractivity contribution is 5.66. The molecule has 0 saturated heterocycles. The molecule has 1 aromatic carbocycles. The third kappa shape index (κ3) is 4.72. The van der Waals surface area contributed by atoms with Crippen molar-refractivity contribution < 1.29 is 14.4 Å². The van der Waals surface area contributed by atoms with E-state index in [1.54, 1.807) is 0 Å². The van der Waals surface area contributed by atoms with Crippen LogP contribution in [0.5, 0.6) is 0 Å². The first-order valence-electron chi connectivity index (χ1n) is 6.97. The molecule has 5 heteroatoms. The third-order valence-corrected chi connectivity index (χ3v) is 3.26. The minimum Gasteiger partial charge on any atom is -0.481 e. The van der Waals surface area contributed by atoms with Crippen molar-refractivity contribution in [2.45, 2.75) is 26.3 Å². The van der Waals surface area contributed by atoms with Crippen molar-refractivity contribution in [3.8, 4) is 11.3 Å². The van der Waals surface area contributed by atoms with E-state index < -0.39 is 5.97 Å². The predicted octanol–water partition coefficient (Wildman–Crippen LogP) is 2.95. The Bertz CT molecular complexity index is 590. The van der Waals surface area contributed by atoms with E-state index in [1.165, 1.54) is 5.56 Å². The Labute approximate surface area is 124 Å². The molecule has 0 unspecified atom stereocenters. The van der Waals surface area contributed by atoms with E-state index >= 15 is 0 Å². The quantitative estimate of drug-likeness (QED) is 0.848. The lowest BCUT2D eigenvalue weighted by Crippen LogP contribution is -2.19. The van der Waals surface area contributed by atoms with Gasteiger partial charge in [0.05, 0.1) is 6.54 Å². The Morgan fingerprint density at radius 2 is 2.05 bits per heavy atom. The second-order valence-corrected chi connectivity index (χ2v) is 5.28. The zero-order chi connectivity index (χ0) is 15.2. The zero-order valence-electron chi connectivity index (χ0n) is 12.4. The molecule has 1 heterocycles. The van der Waals surface area contributed by atoms with Crippen molar-refractivity contribution in [2.24, 2.45) is 0 Å². The van der Waals surface area contributed by atoms with Gasteiger partial charge in [0.25, 0.3) is 0 Å². The average Bonchev–Trinajstić information content (AvgIpc) is 2.87. The van der Waals surface area contributed by atoms with Gasteiger partial charge in [-0.25, -0.2) is 0 Å². The maximum absolute atomic E-state index is 10.5. The van der Waals surface area contributed by atoms with E-state index in [1.807, 2.05) is 49.2 Å². The number of hydrogen-bond acceptors (Lipinski definition) is 4.